The van der Waals surface area contributed by atoms with Gasteiger partial charge >= 0.3 is 0 Å². The zero-order valence-corrected chi connectivity index (χ0v) is 8.31. The summed E-state index contributed by atoms with van der Waals surface area (Å²) in [5.41, 5.74) is -0.0966. The Balaban J connectivity index is 2.76. The van der Waals surface area contributed by atoms with Gasteiger partial charge in [-0.05, 0) is 12.0 Å². The average Bonchev–Trinajstić information content (AvgIpc) is 2.49. The van der Waals surface area contributed by atoms with Crippen LogP contribution in [-0.4, -0.2) is 10.2 Å². The van der Waals surface area contributed by atoms with E-state index in [0.717, 1.165) is 10.1 Å². The van der Waals surface area contributed by atoms with Crippen LogP contribution in [0, 0.1) is 0 Å². The predicted octanol–water partition coefficient (Wildman–Crippen LogP) is 2.11. The number of thiophene rings is 1. The topological polar surface area (TPSA) is 45.8 Å². The second-order valence-corrected chi connectivity index (χ2v) is 4.40. The first kappa shape index (κ1) is 8.44. The maximum Gasteiger partial charge on any atom is 0.272 e. The Morgan fingerprint density at radius 1 is 1.54 bits per heavy atom. The minimum Gasteiger partial charge on any atom is -0.267 e. The van der Waals surface area contributed by atoms with Crippen LogP contribution >= 0.6 is 11.3 Å². The maximum absolute atomic E-state index is 11.3. The van der Waals surface area contributed by atoms with Crippen molar-refractivity contribution in [2.24, 2.45) is 0 Å². The number of aromatic amines is 1. The van der Waals surface area contributed by atoms with Crippen LogP contribution in [0.2, 0.25) is 0 Å². The number of nitrogens with zero attached hydrogens (tertiary/aromatic N) is 1. The fourth-order valence-electron chi connectivity index (χ4n) is 1.19. The molecule has 3 nitrogen and oxygen atoms in total. The first-order chi connectivity index (χ1) is 6.18. The third-order valence-corrected chi connectivity index (χ3v) is 3.31. The molecule has 0 aliphatic rings. The van der Waals surface area contributed by atoms with Crippen molar-refractivity contribution in [3.05, 3.63) is 27.5 Å². The quantitative estimate of drug-likeness (QED) is 0.755. The second kappa shape index (κ2) is 2.96. The van der Waals surface area contributed by atoms with Crippen LogP contribution < -0.4 is 5.56 Å². The van der Waals surface area contributed by atoms with Crippen LogP contribution in [0.4, 0.5) is 0 Å². The van der Waals surface area contributed by atoms with Gasteiger partial charge < -0.3 is 0 Å². The second-order valence-electron chi connectivity index (χ2n) is 3.28. The Kier molecular flexibility index (Phi) is 1.92. The lowest BCUT2D eigenvalue weighted by Crippen LogP contribution is -2.05. The number of aromatic nitrogens is 2. The zero-order valence-electron chi connectivity index (χ0n) is 7.50. The average molecular weight is 194 g/mol. The molecule has 2 aromatic rings. The number of fused-ring (bicyclic) bond motifs is 1. The van der Waals surface area contributed by atoms with Gasteiger partial charge in [0.15, 0.2) is 0 Å². The van der Waals surface area contributed by atoms with E-state index in [1.807, 2.05) is 6.07 Å². The smallest absolute Gasteiger partial charge is 0.267 e. The van der Waals surface area contributed by atoms with E-state index >= 15 is 0 Å². The van der Waals surface area contributed by atoms with Crippen LogP contribution in [0.15, 0.2) is 17.1 Å². The lowest BCUT2D eigenvalue weighted by atomic mass is 10.2. The van der Waals surface area contributed by atoms with Crippen LogP contribution in [0.25, 0.3) is 10.1 Å². The van der Waals surface area contributed by atoms with E-state index in [1.165, 1.54) is 4.88 Å². The normalized spacial score (nSPS) is 11.3. The molecule has 0 aromatic carbocycles. The van der Waals surface area contributed by atoms with Crippen molar-refractivity contribution < 1.29 is 0 Å². The lowest BCUT2D eigenvalue weighted by molar-refractivity contribution is 0.890. The minimum absolute atomic E-state index is 0.0966. The Morgan fingerprint density at radius 3 is 2.92 bits per heavy atom. The van der Waals surface area contributed by atoms with E-state index in [4.69, 9.17) is 0 Å². The molecule has 0 spiro atoms. The number of hydrogen-bond acceptors (Lipinski definition) is 3. The molecule has 0 bridgehead atoms. The molecule has 0 aliphatic heterocycles. The van der Waals surface area contributed by atoms with Gasteiger partial charge in [-0.15, -0.1) is 11.3 Å². The van der Waals surface area contributed by atoms with E-state index in [0.29, 0.717) is 5.92 Å². The van der Waals surface area contributed by atoms with Gasteiger partial charge in [-0.1, -0.05) is 13.8 Å². The molecular weight excluding hydrogens is 184 g/mol. The molecular formula is C9H10N2OS. The molecule has 0 radical (unpaired) electrons. The summed E-state index contributed by atoms with van der Waals surface area (Å²) < 4.78 is 0.965. The van der Waals surface area contributed by atoms with Gasteiger partial charge in [0.25, 0.3) is 5.56 Å². The minimum atomic E-state index is -0.0966. The SMILES string of the molecule is CC(C)c1cc2c(=O)[nH]ncc2s1. The summed E-state index contributed by atoms with van der Waals surface area (Å²) in [6, 6.07) is 1.95. The molecule has 1 N–H and O–H groups in total. The summed E-state index contributed by atoms with van der Waals surface area (Å²) >= 11 is 1.64. The highest BCUT2D eigenvalue weighted by Gasteiger charge is 2.07. The summed E-state index contributed by atoms with van der Waals surface area (Å²) in [7, 11) is 0. The monoisotopic (exact) mass is 194 g/mol. The summed E-state index contributed by atoms with van der Waals surface area (Å²) in [5.74, 6) is 0.469. The third-order valence-electron chi connectivity index (χ3n) is 1.94. The summed E-state index contributed by atoms with van der Waals surface area (Å²) in [6.07, 6.45) is 1.70. The Bertz CT molecular complexity index is 484. The van der Waals surface area contributed by atoms with Gasteiger partial charge in [0.2, 0.25) is 0 Å². The largest absolute Gasteiger partial charge is 0.272 e. The van der Waals surface area contributed by atoms with E-state index in [1.54, 1.807) is 17.5 Å². The number of hydrogen-bond donors (Lipinski definition) is 1. The fourth-order valence-corrected chi connectivity index (χ4v) is 2.23. The van der Waals surface area contributed by atoms with Gasteiger partial charge in [0, 0.05) is 4.88 Å². The van der Waals surface area contributed by atoms with Crippen molar-refractivity contribution in [1.82, 2.24) is 10.2 Å². The molecule has 0 saturated heterocycles. The summed E-state index contributed by atoms with van der Waals surface area (Å²) in [6.45, 7) is 4.23. The van der Waals surface area contributed by atoms with Crippen LogP contribution in [0.1, 0.15) is 24.6 Å². The van der Waals surface area contributed by atoms with Crippen molar-refractivity contribution in [2.45, 2.75) is 19.8 Å². The number of nitrogens with one attached hydrogen (secondary N) is 1. The summed E-state index contributed by atoms with van der Waals surface area (Å²) in [4.78, 5) is 12.5. The van der Waals surface area contributed by atoms with Gasteiger partial charge in [0.05, 0.1) is 16.3 Å². The molecule has 68 valence electrons. The molecule has 13 heavy (non-hydrogen) atoms. The Morgan fingerprint density at radius 2 is 2.31 bits per heavy atom. The van der Waals surface area contributed by atoms with E-state index in [2.05, 4.69) is 24.0 Å². The third kappa shape index (κ3) is 1.37. The summed E-state index contributed by atoms with van der Waals surface area (Å²) in [5, 5.41) is 6.94. The van der Waals surface area contributed by atoms with Crippen LogP contribution in [0.3, 0.4) is 0 Å². The standard InChI is InChI=1S/C9H10N2OS/c1-5(2)7-3-6-8(13-7)4-10-11-9(6)12/h3-5H,1-2H3,(H,11,12). The van der Waals surface area contributed by atoms with Crippen LogP contribution in [-0.2, 0) is 0 Å². The molecule has 0 atom stereocenters. The molecule has 4 heteroatoms. The first-order valence-electron chi connectivity index (χ1n) is 4.15. The van der Waals surface area contributed by atoms with Crippen molar-refractivity contribution in [2.75, 3.05) is 0 Å². The van der Waals surface area contributed by atoms with Gasteiger partial charge in [-0.3, -0.25) is 4.79 Å². The van der Waals surface area contributed by atoms with E-state index < -0.39 is 0 Å². The van der Waals surface area contributed by atoms with Gasteiger partial charge in [-0.2, -0.15) is 5.10 Å². The van der Waals surface area contributed by atoms with Crippen molar-refractivity contribution >= 4 is 21.4 Å². The molecule has 0 saturated carbocycles. The fraction of sp³-hybridized carbons (Fsp3) is 0.333. The molecule has 2 aromatic heterocycles. The lowest BCUT2D eigenvalue weighted by Gasteiger charge is -1.95. The molecule has 2 heterocycles. The van der Waals surface area contributed by atoms with Gasteiger partial charge in [-0.25, -0.2) is 5.10 Å². The highest BCUT2D eigenvalue weighted by atomic mass is 32.1. The number of rotatable bonds is 1. The van der Waals surface area contributed by atoms with Crippen LogP contribution in [0.5, 0.6) is 0 Å². The number of H-pyrrole nitrogens is 1. The van der Waals surface area contributed by atoms with E-state index in [9.17, 15) is 4.79 Å². The predicted molar refractivity (Wildman–Crippen MR) is 54.3 cm³/mol. The molecule has 0 unspecified atom stereocenters. The van der Waals surface area contributed by atoms with E-state index in [-0.39, 0.29) is 5.56 Å². The molecule has 0 aliphatic carbocycles. The maximum atomic E-state index is 11.3. The zero-order chi connectivity index (χ0) is 9.42. The Labute approximate surface area is 79.4 Å². The van der Waals surface area contributed by atoms with Crippen molar-refractivity contribution in [3.63, 3.8) is 0 Å². The Hall–Kier alpha value is -1.16. The van der Waals surface area contributed by atoms with Crippen molar-refractivity contribution in [3.8, 4) is 0 Å². The highest BCUT2D eigenvalue weighted by molar-refractivity contribution is 7.19. The molecule has 0 amide bonds. The van der Waals surface area contributed by atoms with Crippen molar-refractivity contribution in [1.29, 1.82) is 0 Å². The molecule has 2 rings (SSSR count). The van der Waals surface area contributed by atoms with Gasteiger partial charge in [0.1, 0.15) is 0 Å². The highest BCUT2D eigenvalue weighted by Crippen LogP contribution is 2.27. The first-order valence-corrected chi connectivity index (χ1v) is 4.97. The molecule has 0 fully saturated rings.